The molecule has 0 amide bonds. The molecule has 0 fully saturated rings. The van der Waals surface area contributed by atoms with Crippen molar-refractivity contribution in [3.8, 4) is 0 Å². The van der Waals surface area contributed by atoms with Crippen molar-refractivity contribution in [3.05, 3.63) is 0 Å². The molecule has 0 spiro atoms. The van der Waals surface area contributed by atoms with Crippen molar-refractivity contribution in [1.82, 2.24) is 0 Å². The van der Waals surface area contributed by atoms with Gasteiger partial charge in [0.25, 0.3) is 0 Å². The van der Waals surface area contributed by atoms with E-state index in [2.05, 4.69) is 41.5 Å². The molecule has 0 aromatic heterocycles. The highest BCUT2D eigenvalue weighted by Gasteiger charge is 2.21. The summed E-state index contributed by atoms with van der Waals surface area (Å²) in [5, 5.41) is 9.72. The molecule has 0 bridgehead atoms. The van der Waals surface area contributed by atoms with Gasteiger partial charge in [-0.15, -0.1) is 0 Å². The van der Waals surface area contributed by atoms with Crippen LogP contribution in [0.2, 0.25) is 0 Å². The summed E-state index contributed by atoms with van der Waals surface area (Å²) in [7, 11) is 0. The van der Waals surface area contributed by atoms with Crippen LogP contribution in [0, 0.1) is 5.41 Å². The lowest BCUT2D eigenvalue weighted by Crippen LogP contribution is -2.30. The average molecular weight is 202 g/mol. The Morgan fingerprint density at radius 2 is 1.64 bits per heavy atom. The number of aliphatic hydroxyl groups is 1. The Morgan fingerprint density at radius 3 is 2.00 bits per heavy atom. The quantitative estimate of drug-likeness (QED) is 0.742. The number of aliphatic hydroxyl groups excluding tert-OH is 1. The summed E-state index contributed by atoms with van der Waals surface area (Å²) in [6.45, 7) is 13.0. The Balaban J connectivity index is 3.80. The largest absolute Gasteiger partial charge is 0.391 e. The van der Waals surface area contributed by atoms with Crippen LogP contribution in [0.25, 0.3) is 0 Å². The highest BCUT2D eigenvalue weighted by molar-refractivity contribution is 4.71. The standard InChI is InChI=1S/C12H26O2/c1-7-12(5,6)14-9-10(13)8-11(2,3)4/h10,13H,7-9H2,1-6H3. The number of hydrogen-bond acceptors (Lipinski definition) is 2. The first kappa shape index (κ1) is 13.9. The summed E-state index contributed by atoms with van der Waals surface area (Å²) >= 11 is 0. The third-order valence-corrected chi connectivity index (χ3v) is 2.37. The monoisotopic (exact) mass is 202 g/mol. The zero-order chi connectivity index (χ0) is 11.4. The van der Waals surface area contributed by atoms with Gasteiger partial charge in [-0.3, -0.25) is 0 Å². The third kappa shape index (κ3) is 7.34. The lowest BCUT2D eigenvalue weighted by molar-refractivity contribution is -0.0686. The van der Waals surface area contributed by atoms with Crippen LogP contribution in [-0.2, 0) is 4.74 Å². The van der Waals surface area contributed by atoms with Crippen LogP contribution in [0.15, 0.2) is 0 Å². The smallest absolute Gasteiger partial charge is 0.0779 e. The van der Waals surface area contributed by atoms with E-state index in [9.17, 15) is 5.11 Å². The summed E-state index contributed by atoms with van der Waals surface area (Å²) < 4.78 is 5.64. The van der Waals surface area contributed by atoms with Crippen molar-refractivity contribution >= 4 is 0 Å². The summed E-state index contributed by atoms with van der Waals surface area (Å²) in [5.74, 6) is 0. The van der Waals surface area contributed by atoms with Crippen LogP contribution in [-0.4, -0.2) is 23.4 Å². The van der Waals surface area contributed by atoms with Gasteiger partial charge in [-0.2, -0.15) is 0 Å². The van der Waals surface area contributed by atoms with Gasteiger partial charge in [0.2, 0.25) is 0 Å². The average Bonchev–Trinajstić information content (AvgIpc) is 1.98. The van der Waals surface area contributed by atoms with Gasteiger partial charge in [0.15, 0.2) is 0 Å². The molecule has 0 aliphatic rings. The molecule has 0 aromatic rings. The lowest BCUT2D eigenvalue weighted by Gasteiger charge is -2.28. The number of ether oxygens (including phenoxy) is 1. The Bertz CT molecular complexity index is 156. The lowest BCUT2D eigenvalue weighted by atomic mass is 9.89. The van der Waals surface area contributed by atoms with E-state index >= 15 is 0 Å². The molecule has 0 aromatic carbocycles. The normalized spacial score (nSPS) is 15.6. The molecular formula is C12H26O2. The molecule has 14 heavy (non-hydrogen) atoms. The molecule has 2 nitrogen and oxygen atoms in total. The van der Waals surface area contributed by atoms with E-state index in [1.54, 1.807) is 0 Å². The highest BCUT2D eigenvalue weighted by Crippen LogP contribution is 2.22. The van der Waals surface area contributed by atoms with Gasteiger partial charge in [-0.05, 0) is 32.1 Å². The summed E-state index contributed by atoms with van der Waals surface area (Å²) in [5.41, 5.74) is 0.0536. The molecular weight excluding hydrogens is 176 g/mol. The van der Waals surface area contributed by atoms with Crippen LogP contribution in [0.3, 0.4) is 0 Å². The summed E-state index contributed by atoms with van der Waals surface area (Å²) in [6, 6.07) is 0. The van der Waals surface area contributed by atoms with E-state index in [-0.39, 0.29) is 17.1 Å². The molecule has 0 aliphatic carbocycles. The second-order valence-electron chi connectivity index (χ2n) is 5.84. The fourth-order valence-corrected chi connectivity index (χ4v) is 1.19. The third-order valence-electron chi connectivity index (χ3n) is 2.37. The molecule has 1 atom stereocenters. The second kappa shape index (κ2) is 5.13. The maximum absolute atomic E-state index is 9.72. The first-order valence-corrected chi connectivity index (χ1v) is 5.48. The van der Waals surface area contributed by atoms with Crippen molar-refractivity contribution in [1.29, 1.82) is 0 Å². The zero-order valence-electron chi connectivity index (χ0n) is 10.6. The maximum atomic E-state index is 9.72. The van der Waals surface area contributed by atoms with Crippen LogP contribution in [0.5, 0.6) is 0 Å². The molecule has 0 saturated heterocycles. The first-order chi connectivity index (χ1) is 6.16. The fourth-order valence-electron chi connectivity index (χ4n) is 1.19. The number of hydrogen-bond donors (Lipinski definition) is 1. The van der Waals surface area contributed by atoms with Crippen molar-refractivity contribution in [2.24, 2.45) is 5.41 Å². The van der Waals surface area contributed by atoms with E-state index in [1.165, 1.54) is 0 Å². The van der Waals surface area contributed by atoms with Crippen LogP contribution >= 0.6 is 0 Å². The Labute approximate surface area is 88.7 Å². The van der Waals surface area contributed by atoms with E-state index < -0.39 is 0 Å². The van der Waals surface area contributed by atoms with E-state index in [1.807, 2.05) is 0 Å². The van der Waals surface area contributed by atoms with Crippen molar-refractivity contribution in [2.45, 2.75) is 66.1 Å². The molecule has 0 heterocycles. The number of rotatable bonds is 5. The summed E-state index contributed by atoms with van der Waals surface area (Å²) in [6.07, 6.45) is 1.41. The van der Waals surface area contributed by atoms with Gasteiger partial charge in [-0.25, -0.2) is 0 Å². The minimum absolute atomic E-state index is 0.112. The summed E-state index contributed by atoms with van der Waals surface area (Å²) in [4.78, 5) is 0. The molecule has 0 rings (SSSR count). The predicted octanol–water partition coefficient (Wildman–Crippen LogP) is 2.99. The Kier molecular flexibility index (Phi) is 5.10. The van der Waals surface area contributed by atoms with Crippen LogP contribution in [0.4, 0.5) is 0 Å². The van der Waals surface area contributed by atoms with Crippen molar-refractivity contribution in [3.63, 3.8) is 0 Å². The minimum Gasteiger partial charge on any atom is -0.391 e. The minimum atomic E-state index is -0.346. The second-order valence-corrected chi connectivity index (χ2v) is 5.84. The van der Waals surface area contributed by atoms with Crippen molar-refractivity contribution < 1.29 is 9.84 Å². The molecule has 1 unspecified atom stereocenters. The van der Waals surface area contributed by atoms with Gasteiger partial charge in [0.05, 0.1) is 18.3 Å². The Morgan fingerprint density at radius 1 is 1.14 bits per heavy atom. The first-order valence-electron chi connectivity index (χ1n) is 5.48. The molecule has 86 valence electrons. The molecule has 1 N–H and O–H groups in total. The van der Waals surface area contributed by atoms with E-state index in [0.29, 0.717) is 6.61 Å². The topological polar surface area (TPSA) is 29.5 Å². The fraction of sp³-hybridized carbons (Fsp3) is 1.00. The van der Waals surface area contributed by atoms with Crippen LogP contribution < -0.4 is 0 Å². The van der Waals surface area contributed by atoms with Crippen LogP contribution in [0.1, 0.15) is 54.4 Å². The molecule has 0 aliphatic heterocycles. The van der Waals surface area contributed by atoms with E-state index in [0.717, 1.165) is 12.8 Å². The van der Waals surface area contributed by atoms with Gasteiger partial charge < -0.3 is 9.84 Å². The Hall–Kier alpha value is -0.0800. The van der Waals surface area contributed by atoms with Gasteiger partial charge in [-0.1, -0.05) is 27.7 Å². The molecule has 0 saturated carbocycles. The van der Waals surface area contributed by atoms with Gasteiger partial charge >= 0.3 is 0 Å². The van der Waals surface area contributed by atoms with E-state index in [4.69, 9.17) is 4.74 Å². The van der Waals surface area contributed by atoms with Gasteiger partial charge in [0, 0.05) is 0 Å². The molecule has 0 radical (unpaired) electrons. The van der Waals surface area contributed by atoms with Crippen molar-refractivity contribution in [2.75, 3.05) is 6.61 Å². The molecule has 2 heteroatoms. The predicted molar refractivity (Wildman–Crippen MR) is 60.4 cm³/mol. The zero-order valence-corrected chi connectivity index (χ0v) is 10.6. The SMILES string of the molecule is CCC(C)(C)OCC(O)CC(C)(C)C. The highest BCUT2D eigenvalue weighted by atomic mass is 16.5. The maximum Gasteiger partial charge on any atom is 0.0779 e. The van der Waals surface area contributed by atoms with Gasteiger partial charge in [0.1, 0.15) is 0 Å².